The summed E-state index contributed by atoms with van der Waals surface area (Å²) < 4.78 is 0. The maximum Gasteiger partial charge on any atom is 0.241 e. The highest BCUT2D eigenvalue weighted by atomic mass is 16.2. The minimum atomic E-state index is -0.0291. The number of nitrogens with one attached hydrogen (secondary N) is 2. The SMILES string of the molecule is O=C(Nc1ccccc1CN1CCCC1)[C@@H]1CCCCN1. The first kappa shape index (κ1) is 14.5. The van der Waals surface area contributed by atoms with Gasteiger partial charge in [0.2, 0.25) is 5.91 Å². The number of hydrogen-bond acceptors (Lipinski definition) is 3. The van der Waals surface area contributed by atoms with E-state index in [1.54, 1.807) is 0 Å². The third-order valence-corrected chi connectivity index (χ3v) is 4.49. The van der Waals surface area contributed by atoms with Crippen molar-refractivity contribution in [2.45, 2.75) is 44.7 Å². The normalized spacial score (nSPS) is 23.1. The van der Waals surface area contributed by atoms with Crippen molar-refractivity contribution >= 4 is 11.6 Å². The second-order valence-corrected chi connectivity index (χ2v) is 6.13. The number of rotatable bonds is 4. The number of benzene rings is 1. The molecule has 0 aliphatic carbocycles. The summed E-state index contributed by atoms with van der Waals surface area (Å²) >= 11 is 0. The van der Waals surface area contributed by atoms with Gasteiger partial charge in [-0.1, -0.05) is 24.6 Å². The molecule has 0 unspecified atom stereocenters. The van der Waals surface area contributed by atoms with Crippen LogP contribution in [0.5, 0.6) is 0 Å². The first-order chi connectivity index (χ1) is 10.3. The third-order valence-electron chi connectivity index (χ3n) is 4.49. The van der Waals surface area contributed by atoms with Crippen LogP contribution in [0.1, 0.15) is 37.7 Å². The third kappa shape index (κ3) is 3.83. The Labute approximate surface area is 126 Å². The average molecular weight is 287 g/mol. The summed E-state index contributed by atoms with van der Waals surface area (Å²) in [6.07, 6.45) is 5.84. The predicted molar refractivity (Wildman–Crippen MR) is 85.2 cm³/mol. The van der Waals surface area contributed by atoms with E-state index in [2.05, 4.69) is 27.7 Å². The van der Waals surface area contributed by atoms with Crippen LogP contribution < -0.4 is 10.6 Å². The van der Waals surface area contributed by atoms with Gasteiger partial charge >= 0.3 is 0 Å². The van der Waals surface area contributed by atoms with Crippen LogP contribution in [0.3, 0.4) is 0 Å². The quantitative estimate of drug-likeness (QED) is 0.893. The summed E-state index contributed by atoms with van der Waals surface area (Å²) in [7, 11) is 0. The molecule has 0 radical (unpaired) electrons. The largest absolute Gasteiger partial charge is 0.324 e. The van der Waals surface area contributed by atoms with Crippen molar-refractivity contribution in [2.24, 2.45) is 0 Å². The number of piperidine rings is 1. The Morgan fingerprint density at radius 1 is 1.19 bits per heavy atom. The highest BCUT2D eigenvalue weighted by molar-refractivity contribution is 5.95. The Hall–Kier alpha value is -1.39. The van der Waals surface area contributed by atoms with Crippen molar-refractivity contribution in [3.05, 3.63) is 29.8 Å². The van der Waals surface area contributed by atoms with Gasteiger partial charge in [-0.3, -0.25) is 9.69 Å². The molecular formula is C17H25N3O. The lowest BCUT2D eigenvalue weighted by molar-refractivity contribution is -0.118. The fraction of sp³-hybridized carbons (Fsp3) is 0.588. The van der Waals surface area contributed by atoms with Crippen LogP contribution in [-0.2, 0) is 11.3 Å². The van der Waals surface area contributed by atoms with Gasteiger partial charge in [0, 0.05) is 12.2 Å². The molecule has 0 aromatic heterocycles. The van der Waals surface area contributed by atoms with Crippen molar-refractivity contribution in [1.29, 1.82) is 0 Å². The van der Waals surface area contributed by atoms with Gasteiger partial charge in [-0.25, -0.2) is 0 Å². The zero-order chi connectivity index (χ0) is 14.5. The molecule has 2 heterocycles. The number of para-hydroxylation sites is 1. The second kappa shape index (κ2) is 7.05. The molecule has 1 aromatic carbocycles. The Bertz CT molecular complexity index is 477. The molecule has 2 saturated heterocycles. The molecule has 2 fully saturated rings. The van der Waals surface area contributed by atoms with Crippen LogP contribution in [0.4, 0.5) is 5.69 Å². The van der Waals surface area contributed by atoms with Crippen LogP contribution >= 0.6 is 0 Å². The van der Waals surface area contributed by atoms with Crippen LogP contribution in [0.25, 0.3) is 0 Å². The van der Waals surface area contributed by atoms with Crippen LogP contribution in [-0.4, -0.2) is 36.5 Å². The molecule has 21 heavy (non-hydrogen) atoms. The van der Waals surface area contributed by atoms with E-state index in [-0.39, 0.29) is 11.9 Å². The molecule has 114 valence electrons. The van der Waals surface area contributed by atoms with Gasteiger partial charge in [-0.15, -0.1) is 0 Å². The summed E-state index contributed by atoms with van der Waals surface area (Å²) in [5.74, 6) is 0.114. The van der Waals surface area contributed by atoms with E-state index in [9.17, 15) is 4.79 Å². The minimum absolute atomic E-state index is 0.0291. The van der Waals surface area contributed by atoms with Crippen molar-refractivity contribution in [3.8, 4) is 0 Å². The molecule has 4 nitrogen and oxygen atoms in total. The van der Waals surface area contributed by atoms with Crippen LogP contribution in [0, 0.1) is 0 Å². The molecule has 2 aliphatic rings. The molecule has 1 amide bonds. The summed E-state index contributed by atoms with van der Waals surface area (Å²) in [6.45, 7) is 4.24. The number of anilines is 1. The zero-order valence-corrected chi connectivity index (χ0v) is 12.6. The Morgan fingerprint density at radius 3 is 2.76 bits per heavy atom. The second-order valence-electron chi connectivity index (χ2n) is 6.13. The van der Waals surface area contributed by atoms with E-state index in [1.165, 1.54) is 37.9 Å². The lowest BCUT2D eigenvalue weighted by atomic mass is 10.0. The van der Waals surface area contributed by atoms with Gasteiger partial charge in [-0.2, -0.15) is 0 Å². The fourth-order valence-electron chi connectivity index (χ4n) is 3.26. The van der Waals surface area contributed by atoms with Gasteiger partial charge in [0.05, 0.1) is 6.04 Å². The highest BCUT2D eigenvalue weighted by Gasteiger charge is 2.21. The molecule has 3 rings (SSSR count). The van der Waals surface area contributed by atoms with Gasteiger partial charge in [0.1, 0.15) is 0 Å². The van der Waals surface area contributed by atoms with Crippen molar-refractivity contribution in [2.75, 3.05) is 25.0 Å². The molecule has 0 spiro atoms. The number of nitrogens with zero attached hydrogens (tertiary/aromatic N) is 1. The summed E-state index contributed by atoms with van der Waals surface area (Å²) in [5, 5.41) is 6.44. The standard InChI is InChI=1S/C17H25N3O/c21-17(16-9-3-4-10-18-16)19-15-8-2-1-7-14(15)13-20-11-5-6-12-20/h1-2,7-8,16,18H,3-6,9-13H2,(H,19,21)/t16-/m0/s1. The van der Waals surface area contributed by atoms with Gasteiger partial charge < -0.3 is 10.6 Å². The van der Waals surface area contributed by atoms with E-state index in [0.29, 0.717) is 0 Å². The number of carbonyl (C=O) groups is 1. The predicted octanol–water partition coefficient (Wildman–Crippen LogP) is 2.36. The van der Waals surface area contributed by atoms with E-state index < -0.39 is 0 Å². The Morgan fingerprint density at radius 2 is 2.00 bits per heavy atom. The number of amides is 1. The molecular weight excluding hydrogens is 262 g/mol. The smallest absolute Gasteiger partial charge is 0.241 e. The number of likely N-dealkylation sites (tertiary alicyclic amines) is 1. The van der Waals surface area contributed by atoms with Gasteiger partial charge in [0.25, 0.3) is 0 Å². The lowest BCUT2D eigenvalue weighted by Gasteiger charge is -2.24. The van der Waals surface area contributed by atoms with Crippen molar-refractivity contribution < 1.29 is 4.79 Å². The molecule has 1 atom stereocenters. The summed E-state index contributed by atoms with van der Waals surface area (Å²) in [5.41, 5.74) is 2.20. The fourth-order valence-corrected chi connectivity index (χ4v) is 3.26. The molecule has 0 saturated carbocycles. The zero-order valence-electron chi connectivity index (χ0n) is 12.6. The van der Waals surface area contributed by atoms with E-state index >= 15 is 0 Å². The topological polar surface area (TPSA) is 44.4 Å². The molecule has 2 N–H and O–H groups in total. The summed E-state index contributed by atoms with van der Waals surface area (Å²) in [6, 6.07) is 8.17. The van der Waals surface area contributed by atoms with E-state index in [1.807, 2.05) is 12.1 Å². The number of carbonyl (C=O) groups excluding carboxylic acids is 1. The van der Waals surface area contributed by atoms with Crippen molar-refractivity contribution in [1.82, 2.24) is 10.2 Å². The molecule has 1 aromatic rings. The monoisotopic (exact) mass is 287 g/mol. The molecule has 2 aliphatic heterocycles. The van der Waals surface area contributed by atoms with Gasteiger partial charge in [0.15, 0.2) is 0 Å². The first-order valence-electron chi connectivity index (χ1n) is 8.17. The first-order valence-corrected chi connectivity index (χ1v) is 8.17. The van der Waals surface area contributed by atoms with Crippen molar-refractivity contribution in [3.63, 3.8) is 0 Å². The van der Waals surface area contributed by atoms with Crippen LogP contribution in [0.2, 0.25) is 0 Å². The average Bonchev–Trinajstić information content (AvgIpc) is 3.03. The number of hydrogen-bond donors (Lipinski definition) is 2. The van der Waals surface area contributed by atoms with E-state index in [0.717, 1.165) is 31.6 Å². The molecule has 0 bridgehead atoms. The van der Waals surface area contributed by atoms with E-state index in [4.69, 9.17) is 0 Å². The van der Waals surface area contributed by atoms with Gasteiger partial charge in [-0.05, 0) is 56.9 Å². The maximum atomic E-state index is 12.4. The Balaban J connectivity index is 1.65. The maximum absolute atomic E-state index is 12.4. The summed E-state index contributed by atoms with van der Waals surface area (Å²) in [4.78, 5) is 14.8. The minimum Gasteiger partial charge on any atom is -0.324 e. The Kier molecular flexibility index (Phi) is 4.88. The molecule has 4 heteroatoms. The lowest BCUT2D eigenvalue weighted by Crippen LogP contribution is -2.43. The highest BCUT2D eigenvalue weighted by Crippen LogP contribution is 2.20. The van der Waals surface area contributed by atoms with Crippen LogP contribution in [0.15, 0.2) is 24.3 Å².